The maximum Gasteiger partial charge on any atom is 0.243 e. The topological polar surface area (TPSA) is 92.8 Å². The summed E-state index contributed by atoms with van der Waals surface area (Å²) in [5, 5.41) is 3.39. The summed E-state index contributed by atoms with van der Waals surface area (Å²) in [4.78, 5) is 26.4. The summed E-state index contributed by atoms with van der Waals surface area (Å²) >= 11 is 12.4. The number of anilines is 1. The molecule has 194 valence electrons. The van der Waals surface area contributed by atoms with Gasteiger partial charge < -0.3 is 10.1 Å². The Morgan fingerprint density at radius 1 is 1.05 bits per heavy atom. The van der Waals surface area contributed by atoms with Crippen LogP contribution in [-0.4, -0.2) is 44.1 Å². The van der Waals surface area contributed by atoms with E-state index >= 15 is 0 Å². The number of piperidine rings is 1. The van der Waals surface area contributed by atoms with E-state index in [1.165, 1.54) is 28.6 Å². The fraction of sp³-hybridized carbons (Fsp3) is 0.259. The molecule has 4 rings (SSSR count). The highest BCUT2D eigenvalue weighted by Gasteiger charge is 2.34. The van der Waals surface area contributed by atoms with Crippen molar-refractivity contribution in [3.8, 4) is 5.75 Å². The number of hydrogen-bond acceptors (Lipinski definition) is 5. The number of nitrogens with one attached hydrogen (secondary N) is 1. The Bertz CT molecular complexity index is 1410. The van der Waals surface area contributed by atoms with E-state index in [1.807, 2.05) is 13.0 Å². The van der Waals surface area contributed by atoms with Crippen LogP contribution in [0.1, 0.15) is 35.7 Å². The van der Waals surface area contributed by atoms with Gasteiger partial charge in [0.15, 0.2) is 5.78 Å². The van der Waals surface area contributed by atoms with Crippen molar-refractivity contribution in [2.45, 2.75) is 24.7 Å². The SMILES string of the molecule is CCOc1ccc(S(=O)(=O)N2CCC[C@@H](C(=O)Nc3ccc(Cl)cc3C(=O)c3ccccc3)C2)cc1Cl. The molecule has 1 amide bonds. The molecular formula is C27H26Cl2N2O5S. The van der Waals surface area contributed by atoms with Gasteiger partial charge in [0.2, 0.25) is 15.9 Å². The lowest BCUT2D eigenvalue weighted by Crippen LogP contribution is -2.43. The zero-order valence-electron chi connectivity index (χ0n) is 20.1. The first-order chi connectivity index (χ1) is 17.7. The highest BCUT2D eigenvalue weighted by atomic mass is 35.5. The van der Waals surface area contributed by atoms with Crippen molar-refractivity contribution < 1.29 is 22.7 Å². The predicted octanol–water partition coefficient (Wildman–Crippen LogP) is 5.66. The van der Waals surface area contributed by atoms with Gasteiger partial charge in [-0.25, -0.2) is 8.42 Å². The molecule has 3 aromatic carbocycles. The molecule has 1 atom stereocenters. The number of sulfonamides is 1. The minimum absolute atomic E-state index is 0.00848. The van der Waals surface area contributed by atoms with Crippen LogP contribution in [-0.2, 0) is 14.8 Å². The van der Waals surface area contributed by atoms with Gasteiger partial charge in [-0.3, -0.25) is 9.59 Å². The molecule has 3 aromatic rings. The van der Waals surface area contributed by atoms with Crippen molar-refractivity contribution in [2.24, 2.45) is 5.92 Å². The fourth-order valence-corrected chi connectivity index (χ4v) is 6.25. The molecule has 1 heterocycles. The van der Waals surface area contributed by atoms with Crippen molar-refractivity contribution in [3.05, 3.63) is 87.9 Å². The van der Waals surface area contributed by atoms with E-state index in [1.54, 1.807) is 36.4 Å². The number of benzene rings is 3. The van der Waals surface area contributed by atoms with Crippen LogP contribution in [0.2, 0.25) is 10.0 Å². The normalized spacial score (nSPS) is 16.2. The van der Waals surface area contributed by atoms with Gasteiger partial charge in [0.1, 0.15) is 5.75 Å². The van der Waals surface area contributed by atoms with Crippen molar-refractivity contribution in [3.63, 3.8) is 0 Å². The fourth-order valence-electron chi connectivity index (χ4n) is 4.23. The van der Waals surface area contributed by atoms with E-state index < -0.39 is 15.9 Å². The molecule has 0 aromatic heterocycles. The second kappa shape index (κ2) is 11.6. The van der Waals surface area contributed by atoms with Crippen LogP contribution in [0.25, 0.3) is 0 Å². The summed E-state index contributed by atoms with van der Waals surface area (Å²) in [6.45, 7) is 2.51. The molecule has 1 aliphatic rings. The zero-order valence-corrected chi connectivity index (χ0v) is 22.4. The number of ether oxygens (including phenoxy) is 1. The van der Waals surface area contributed by atoms with Gasteiger partial charge in [-0.15, -0.1) is 0 Å². The Balaban J connectivity index is 1.52. The van der Waals surface area contributed by atoms with E-state index in [2.05, 4.69) is 5.32 Å². The molecule has 0 aliphatic carbocycles. The number of hydrogen-bond donors (Lipinski definition) is 1. The molecule has 1 N–H and O–H groups in total. The van der Waals surface area contributed by atoms with Crippen molar-refractivity contribution in [1.29, 1.82) is 0 Å². The Hall–Kier alpha value is -2.91. The lowest BCUT2D eigenvalue weighted by Gasteiger charge is -2.31. The molecule has 7 nitrogen and oxygen atoms in total. The van der Waals surface area contributed by atoms with E-state index in [0.29, 0.717) is 41.5 Å². The monoisotopic (exact) mass is 560 g/mol. The highest BCUT2D eigenvalue weighted by molar-refractivity contribution is 7.89. The summed E-state index contributed by atoms with van der Waals surface area (Å²) in [5.41, 5.74) is 1.04. The minimum Gasteiger partial charge on any atom is -0.492 e. The molecule has 0 radical (unpaired) electrons. The molecule has 0 spiro atoms. The number of rotatable bonds is 8. The van der Waals surface area contributed by atoms with Gasteiger partial charge in [-0.05, 0) is 56.2 Å². The summed E-state index contributed by atoms with van der Waals surface area (Å²) in [6, 6.07) is 17.7. The van der Waals surface area contributed by atoms with Crippen molar-refractivity contribution in [1.82, 2.24) is 4.31 Å². The number of carbonyl (C=O) groups is 2. The molecule has 0 bridgehead atoms. The van der Waals surface area contributed by atoms with E-state index in [9.17, 15) is 18.0 Å². The minimum atomic E-state index is -3.88. The highest BCUT2D eigenvalue weighted by Crippen LogP contribution is 2.31. The first-order valence-corrected chi connectivity index (χ1v) is 14.0. The van der Waals surface area contributed by atoms with Crippen molar-refractivity contribution >= 4 is 50.6 Å². The maximum absolute atomic E-state index is 13.3. The third-order valence-electron chi connectivity index (χ3n) is 6.12. The molecule has 1 fully saturated rings. The number of ketones is 1. The second-order valence-corrected chi connectivity index (χ2v) is 11.4. The second-order valence-electron chi connectivity index (χ2n) is 8.60. The Morgan fingerprint density at radius 3 is 2.51 bits per heavy atom. The van der Waals surface area contributed by atoms with Gasteiger partial charge in [0.25, 0.3) is 0 Å². The van der Waals surface area contributed by atoms with Gasteiger partial charge in [0.05, 0.1) is 28.1 Å². The van der Waals surface area contributed by atoms with Crippen LogP contribution >= 0.6 is 23.2 Å². The summed E-state index contributed by atoms with van der Waals surface area (Å²) in [7, 11) is -3.88. The van der Waals surface area contributed by atoms with Gasteiger partial charge in [-0.1, -0.05) is 53.5 Å². The third-order valence-corrected chi connectivity index (χ3v) is 8.51. The van der Waals surface area contributed by atoms with Crippen LogP contribution in [0, 0.1) is 5.92 Å². The number of amides is 1. The molecule has 1 saturated heterocycles. The quantitative estimate of drug-likeness (QED) is 0.358. The molecule has 0 unspecified atom stereocenters. The Labute approximate surface area is 226 Å². The third kappa shape index (κ3) is 6.15. The molecule has 37 heavy (non-hydrogen) atoms. The van der Waals surface area contributed by atoms with E-state index in [0.717, 1.165) is 0 Å². The zero-order chi connectivity index (χ0) is 26.6. The van der Waals surface area contributed by atoms with Gasteiger partial charge in [0, 0.05) is 29.2 Å². The van der Waals surface area contributed by atoms with E-state index in [-0.39, 0.29) is 40.3 Å². The van der Waals surface area contributed by atoms with Gasteiger partial charge >= 0.3 is 0 Å². The molecular weight excluding hydrogens is 535 g/mol. The van der Waals surface area contributed by atoms with Crippen LogP contribution in [0.5, 0.6) is 5.75 Å². The largest absolute Gasteiger partial charge is 0.492 e. The smallest absolute Gasteiger partial charge is 0.243 e. The number of carbonyl (C=O) groups excluding carboxylic acids is 2. The maximum atomic E-state index is 13.3. The first-order valence-electron chi connectivity index (χ1n) is 11.8. The molecule has 10 heteroatoms. The molecule has 1 aliphatic heterocycles. The van der Waals surface area contributed by atoms with Crippen LogP contribution in [0.15, 0.2) is 71.6 Å². The summed E-state index contributed by atoms with van der Waals surface area (Å²) < 4.78 is 33.3. The predicted molar refractivity (Wildman–Crippen MR) is 144 cm³/mol. The lowest BCUT2D eigenvalue weighted by atomic mass is 9.97. The summed E-state index contributed by atoms with van der Waals surface area (Å²) in [5.74, 6) is -0.840. The standard InChI is InChI=1S/C27H26Cl2N2O5S/c1-2-36-25-13-11-21(16-23(25)29)37(34,35)31-14-6-9-19(17-31)27(33)30-24-12-10-20(28)15-22(24)26(32)18-7-4-3-5-8-18/h3-5,7-8,10-13,15-16,19H,2,6,9,14,17H2,1H3,(H,30,33)/t19-/m1/s1. The lowest BCUT2D eigenvalue weighted by molar-refractivity contribution is -0.120. The Kier molecular flexibility index (Phi) is 8.54. The average Bonchev–Trinajstić information content (AvgIpc) is 2.91. The Morgan fingerprint density at radius 2 is 1.81 bits per heavy atom. The van der Waals surface area contributed by atoms with Crippen LogP contribution in [0.3, 0.4) is 0 Å². The van der Waals surface area contributed by atoms with Gasteiger partial charge in [-0.2, -0.15) is 4.31 Å². The van der Waals surface area contributed by atoms with Crippen LogP contribution < -0.4 is 10.1 Å². The van der Waals surface area contributed by atoms with Crippen LogP contribution in [0.4, 0.5) is 5.69 Å². The summed E-state index contributed by atoms with van der Waals surface area (Å²) in [6.07, 6.45) is 1.02. The van der Waals surface area contributed by atoms with E-state index in [4.69, 9.17) is 27.9 Å². The van der Waals surface area contributed by atoms with Crippen molar-refractivity contribution in [2.75, 3.05) is 25.0 Å². The molecule has 0 saturated carbocycles. The average molecular weight is 561 g/mol. The first kappa shape index (κ1) is 27.1. The number of nitrogens with zero attached hydrogens (tertiary/aromatic N) is 1. The number of halogens is 2.